The highest BCUT2D eigenvalue weighted by molar-refractivity contribution is 7.90. The number of sulfone groups is 1. The van der Waals surface area contributed by atoms with Gasteiger partial charge in [-0.3, -0.25) is 4.79 Å². The van der Waals surface area contributed by atoms with Gasteiger partial charge in [0.15, 0.2) is 15.5 Å². The minimum atomic E-state index is -3.36. The van der Waals surface area contributed by atoms with Crippen molar-refractivity contribution in [2.24, 2.45) is 0 Å². The van der Waals surface area contributed by atoms with E-state index in [1.807, 2.05) is 30.3 Å². The van der Waals surface area contributed by atoms with E-state index in [0.29, 0.717) is 5.69 Å². The van der Waals surface area contributed by atoms with Crippen LogP contribution in [0.2, 0.25) is 0 Å². The van der Waals surface area contributed by atoms with Gasteiger partial charge < -0.3 is 5.32 Å². The van der Waals surface area contributed by atoms with E-state index in [4.69, 9.17) is 0 Å². The Morgan fingerprint density at radius 1 is 1.12 bits per heavy atom. The van der Waals surface area contributed by atoms with Crippen molar-refractivity contribution in [3.05, 3.63) is 66.0 Å². The molecule has 2 aromatic carbocycles. The maximum Gasteiger partial charge on any atom is 0.277 e. The molecular weight excluding hydrogens is 340 g/mol. The number of anilines is 1. The second kappa shape index (κ2) is 6.48. The molecule has 0 radical (unpaired) electrons. The van der Waals surface area contributed by atoms with Crippen LogP contribution in [-0.2, 0) is 9.84 Å². The average Bonchev–Trinajstić information content (AvgIpc) is 3.07. The molecule has 128 valence electrons. The first kappa shape index (κ1) is 16.8. The zero-order valence-corrected chi connectivity index (χ0v) is 14.5. The Bertz CT molecular complexity index is 1030. The van der Waals surface area contributed by atoms with E-state index in [-0.39, 0.29) is 10.6 Å². The van der Waals surface area contributed by atoms with E-state index in [2.05, 4.69) is 15.5 Å². The Kier molecular flexibility index (Phi) is 4.37. The predicted molar refractivity (Wildman–Crippen MR) is 93.6 cm³/mol. The normalized spacial score (nSPS) is 11.3. The van der Waals surface area contributed by atoms with Crippen LogP contribution in [0.15, 0.2) is 59.6 Å². The third kappa shape index (κ3) is 3.74. The number of carbonyl (C=O) groups is 1. The van der Waals surface area contributed by atoms with E-state index in [1.165, 1.54) is 23.1 Å². The molecule has 0 fully saturated rings. The van der Waals surface area contributed by atoms with Crippen molar-refractivity contribution >= 4 is 21.4 Å². The lowest BCUT2D eigenvalue weighted by atomic mass is 10.2. The Hall–Kier alpha value is -3.00. The number of aryl methyl sites for hydroxylation is 1. The smallest absolute Gasteiger partial charge is 0.277 e. The lowest BCUT2D eigenvalue weighted by Gasteiger charge is -2.09. The summed E-state index contributed by atoms with van der Waals surface area (Å²) in [6.45, 7) is 1.78. The summed E-state index contributed by atoms with van der Waals surface area (Å²) in [6, 6.07) is 13.8. The molecule has 1 heterocycles. The van der Waals surface area contributed by atoms with Gasteiger partial charge in [-0.1, -0.05) is 24.3 Å². The van der Waals surface area contributed by atoms with Crippen molar-refractivity contribution in [3.8, 4) is 5.69 Å². The standard InChI is InChI=1S/C17H16N4O3S/c1-12-8-9-14(25(2,23)24)10-15(12)19-17(22)16-11-18-21(20-16)13-6-4-3-5-7-13/h3-11H,1-2H3,(H,19,22). The van der Waals surface area contributed by atoms with E-state index < -0.39 is 15.7 Å². The second-order valence-electron chi connectivity index (χ2n) is 5.56. The van der Waals surface area contributed by atoms with E-state index in [0.717, 1.165) is 17.5 Å². The lowest BCUT2D eigenvalue weighted by Crippen LogP contribution is -2.14. The Balaban J connectivity index is 1.85. The monoisotopic (exact) mass is 356 g/mol. The highest BCUT2D eigenvalue weighted by Gasteiger charge is 2.15. The highest BCUT2D eigenvalue weighted by atomic mass is 32.2. The molecular formula is C17H16N4O3S. The van der Waals surface area contributed by atoms with Crippen LogP contribution in [0.1, 0.15) is 16.1 Å². The van der Waals surface area contributed by atoms with E-state index in [1.54, 1.807) is 13.0 Å². The minimum Gasteiger partial charge on any atom is -0.320 e. The fourth-order valence-electron chi connectivity index (χ4n) is 2.21. The molecule has 3 aromatic rings. The van der Waals surface area contributed by atoms with Gasteiger partial charge in [0.1, 0.15) is 0 Å². The van der Waals surface area contributed by atoms with Crippen LogP contribution in [0.4, 0.5) is 5.69 Å². The topological polar surface area (TPSA) is 94.0 Å². The molecule has 8 heteroatoms. The molecule has 3 rings (SSSR count). The molecule has 0 aliphatic heterocycles. The highest BCUT2D eigenvalue weighted by Crippen LogP contribution is 2.20. The maximum atomic E-state index is 12.4. The molecule has 0 saturated carbocycles. The van der Waals surface area contributed by atoms with Gasteiger partial charge in [0.25, 0.3) is 5.91 Å². The summed E-state index contributed by atoms with van der Waals surface area (Å²) in [5.41, 5.74) is 2.03. The predicted octanol–water partition coefficient (Wildman–Crippen LogP) is 2.23. The van der Waals surface area contributed by atoms with Crippen molar-refractivity contribution in [3.63, 3.8) is 0 Å². The first-order chi connectivity index (χ1) is 11.8. The molecule has 0 bridgehead atoms. The molecule has 25 heavy (non-hydrogen) atoms. The third-order valence-corrected chi connectivity index (χ3v) is 4.71. The summed E-state index contributed by atoms with van der Waals surface area (Å²) in [5, 5.41) is 10.9. The third-order valence-electron chi connectivity index (χ3n) is 3.60. The SMILES string of the molecule is Cc1ccc(S(C)(=O)=O)cc1NC(=O)c1cnn(-c2ccccc2)n1. The van der Waals surface area contributed by atoms with Crippen LogP contribution in [0.5, 0.6) is 0 Å². The molecule has 1 N–H and O–H groups in total. The molecule has 0 unspecified atom stereocenters. The fourth-order valence-corrected chi connectivity index (χ4v) is 2.85. The molecule has 0 saturated heterocycles. The quantitative estimate of drug-likeness (QED) is 0.774. The van der Waals surface area contributed by atoms with Gasteiger partial charge in [0.2, 0.25) is 0 Å². The van der Waals surface area contributed by atoms with Crippen LogP contribution in [0.25, 0.3) is 5.69 Å². The zero-order chi connectivity index (χ0) is 18.0. The summed E-state index contributed by atoms with van der Waals surface area (Å²) in [6.07, 6.45) is 2.48. The molecule has 7 nitrogen and oxygen atoms in total. The number of nitrogens with zero attached hydrogens (tertiary/aromatic N) is 3. The number of nitrogens with one attached hydrogen (secondary N) is 1. The summed E-state index contributed by atoms with van der Waals surface area (Å²) < 4.78 is 23.3. The van der Waals surface area contributed by atoms with Gasteiger partial charge in [-0.05, 0) is 36.8 Å². The summed E-state index contributed by atoms with van der Waals surface area (Å²) >= 11 is 0. The first-order valence-electron chi connectivity index (χ1n) is 7.44. The number of aromatic nitrogens is 3. The minimum absolute atomic E-state index is 0.132. The number of hydrogen-bond donors (Lipinski definition) is 1. The maximum absolute atomic E-state index is 12.4. The van der Waals surface area contributed by atoms with Gasteiger partial charge >= 0.3 is 0 Å². The molecule has 0 spiro atoms. The molecule has 0 aliphatic carbocycles. The van der Waals surface area contributed by atoms with Crippen LogP contribution < -0.4 is 5.32 Å². The second-order valence-corrected chi connectivity index (χ2v) is 7.57. The number of para-hydroxylation sites is 1. The van der Waals surface area contributed by atoms with Crippen molar-refractivity contribution in [2.45, 2.75) is 11.8 Å². The Labute approximate surface area is 145 Å². The molecule has 1 amide bonds. The Morgan fingerprint density at radius 3 is 2.52 bits per heavy atom. The van der Waals surface area contributed by atoms with Crippen molar-refractivity contribution in [1.82, 2.24) is 15.0 Å². The first-order valence-corrected chi connectivity index (χ1v) is 9.33. The number of rotatable bonds is 4. The van der Waals surface area contributed by atoms with Crippen molar-refractivity contribution in [2.75, 3.05) is 11.6 Å². The lowest BCUT2D eigenvalue weighted by molar-refractivity contribution is 0.102. The van der Waals surface area contributed by atoms with Gasteiger partial charge in [-0.25, -0.2) is 8.42 Å². The molecule has 1 aromatic heterocycles. The largest absolute Gasteiger partial charge is 0.320 e. The number of carbonyl (C=O) groups excluding carboxylic acids is 1. The van der Waals surface area contributed by atoms with Gasteiger partial charge in [-0.15, -0.1) is 5.10 Å². The van der Waals surface area contributed by atoms with Crippen molar-refractivity contribution in [1.29, 1.82) is 0 Å². The van der Waals surface area contributed by atoms with Gasteiger partial charge in [-0.2, -0.15) is 9.90 Å². The van der Waals surface area contributed by atoms with Gasteiger partial charge in [0, 0.05) is 11.9 Å². The van der Waals surface area contributed by atoms with E-state index in [9.17, 15) is 13.2 Å². The number of hydrogen-bond acceptors (Lipinski definition) is 5. The van der Waals surface area contributed by atoms with E-state index >= 15 is 0 Å². The molecule has 0 aliphatic rings. The average molecular weight is 356 g/mol. The van der Waals surface area contributed by atoms with Crippen LogP contribution >= 0.6 is 0 Å². The summed E-state index contributed by atoms with van der Waals surface area (Å²) in [4.78, 5) is 13.9. The zero-order valence-electron chi connectivity index (χ0n) is 13.7. The summed E-state index contributed by atoms with van der Waals surface area (Å²) in [5.74, 6) is -0.462. The number of amides is 1. The van der Waals surface area contributed by atoms with Crippen molar-refractivity contribution < 1.29 is 13.2 Å². The number of benzene rings is 2. The fraction of sp³-hybridized carbons (Fsp3) is 0.118. The van der Waals surface area contributed by atoms with Gasteiger partial charge in [0.05, 0.1) is 16.8 Å². The van der Waals surface area contributed by atoms with Crippen LogP contribution in [0.3, 0.4) is 0 Å². The molecule has 0 atom stereocenters. The van der Waals surface area contributed by atoms with Crippen LogP contribution in [0, 0.1) is 6.92 Å². The Morgan fingerprint density at radius 2 is 1.84 bits per heavy atom. The van der Waals surface area contributed by atoms with Crippen LogP contribution in [-0.4, -0.2) is 35.6 Å². The summed E-state index contributed by atoms with van der Waals surface area (Å²) in [7, 11) is -3.36.